The Morgan fingerprint density at radius 2 is 2.17 bits per heavy atom. The van der Waals surface area contributed by atoms with Crippen LogP contribution >= 0.6 is 11.3 Å². The van der Waals surface area contributed by atoms with Crippen LogP contribution in [0.1, 0.15) is 42.5 Å². The number of ether oxygens (including phenoxy) is 1. The highest BCUT2D eigenvalue weighted by Gasteiger charge is 2.13. The van der Waals surface area contributed by atoms with Crippen LogP contribution in [0.5, 0.6) is 0 Å². The molecule has 1 aliphatic rings. The minimum Gasteiger partial charge on any atom is -0.376 e. The highest BCUT2D eigenvalue weighted by Crippen LogP contribution is 2.24. The lowest BCUT2D eigenvalue weighted by Crippen LogP contribution is -2.12. The van der Waals surface area contributed by atoms with Gasteiger partial charge in [0.25, 0.3) is 0 Å². The van der Waals surface area contributed by atoms with E-state index in [1.807, 2.05) is 0 Å². The molecule has 1 saturated carbocycles. The van der Waals surface area contributed by atoms with Crippen molar-refractivity contribution in [2.45, 2.75) is 38.7 Å². The average molecular weight is 263 g/mol. The lowest BCUT2D eigenvalue weighted by Gasteiger charge is -2.20. The minimum atomic E-state index is 0.420. The van der Waals surface area contributed by atoms with Crippen molar-refractivity contribution in [3.63, 3.8) is 0 Å². The van der Waals surface area contributed by atoms with Crippen LogP contribution in [-0.2, 0) is 11.3 Å². The molecular formula is C15H21NOS. The molecule has 1 aromatic heterocycles. The molecule has 18 heavy (non-hydrogen) atoms. The first-order chi connectivity index (χ1) is 8.88. The smallest absolute Gasteiger partial charge is 0.0809 e. The molecule has 1 aliphatic carbocycles. The fraction of sp³-hybridized carbons (Fsp3) is 0.600. The van der Waals surface area contributed by atoms with E-state index in [1.54, 1.807) is 11.3 Å². The maximum Gasteiger partial charge on any atom is 0.0809 e. The molecule has 98 valence electrons. The summed E-state index contributed by atoms with van der Waals surface area (Å²) in [5, 5.41) is 2.07. The molecule has 0 atom stereocenters. The molecule has 0 aliphatic heterocycles. The van der Waals surface area contributed by atoms with Crippen LogP contribution < -0.4 is 5.73 Å². The normalized spacial score (nSPS) is 16.3. The van der Waals surface area contributed by atoms with Gasteiger partial charge in [-0.1, -0.05) is 31.1 Å². The van der Waals surface area contributed by atoms with Gasteiger partial charge in [-0.25, -0.2) is 0 Å². The Balaban J connectivity index is 1.71. The molecule has 0 unspecified atom stereocenters. The van der Waals surface area contributed by atoms with E-state index in [0.717, 1.165) is 24.7 Å². The molecule has 0 amide bonds. The predicted molar refractivity (Wildman–Crippen MR) is 76.5 cm³/mol. The summed E-state index contributed by atoms with van der Waals surface area (Å²) in [4.78, 5) is 1.26. The fourth-order valence-corrected chi connectivity index (χ4v) is 3.11. The Hall–Kier alpha value is -0.820. The molecule has 0 bridgehead atoms. The third kappa shape index (κ3) is 4.45. The number of thiophene rings is 1. The van der Waals surface area contributed by atoms with Crippen molar-refractivity contribution in [2.75, 3.05) is 13.2 Å². The molecule has 2 rings (SSSR count). The van der Waals surface area contributed by atoms with Gasteiger partial charge in [0, 0.05) is 22.4 Å². The molecule has 2 N–H and O–H groups in total. The Kier molecular flexibility index (Phi) is 5.73. The second-order valence-electron chi connectivity index (χ2n) is 4.83. The predicted octanol–water partition coefficient (Wildman–Crippen LogP) is 3.16. The maximum absolute atomic E-state index is 5.81. The Morgan fingerprint density at radius 1 is 1.33 bits per heavy atom. The fourth-order valence-electron chi connectivity index (χ4n) is 2.35. The van der Waals surface area contributed by atoms with Gasteiger partial charge in [0.15, 0.2) is 0 Å². The Labute approximate surface area is 114 Å². The van der Waals surface area contributed by atoms with E-state index in [9.17, 15) is 0 Å². The zero-order chi connectivity index (χ0) is 12.6. The van der Waals surface area contributed by atoms with Gasteiger partial charge in [-0.05, 0) is 24.8 Å². The first kappa shape index (κ1) is 13.6. The average Bonchev–Trinajstić information content (AvgIpc) is 2.85. The zero-order valence-corrected chi connectivity index (χ0v) is 11.6. The van der Waals surface area contributed by atoms with Crippen molar-refractivity contribution in [1.29, 1.82) is 0 Å². The van der Waals surface area contributed by atoms with Gasteiger partial charge in [-0.2, -0.15) is 0 Å². The highest BCUT2D eigenvalue weighted by molar-refractivity contribution is 7.10. The molecule has 0 radical (unpaired) electrons. The number of hydrogen-bond donors (Lipinski definition) is 1. The first-order valence-electron chi connectivity index (χ1n) is 6.72. The van der Waals surface area contributed by atoms with Crippen molar-refractivity contribution >= 4 is 11.3 Å². The molecule has 0 spiro atoms. The monoisotopic (exact) mass is 263 g/mol. The van der Waals surface area contributed by atoms with E-state index in [4.69, 9.17) is 10.5 Å². The van der Waals surface area contributed by atoms with Crippen LogP contribution in [0.25, 0.3) is 0 Å². The molecule has 1 fully saturated rings. The van der Waals surface area contributed by atoms with Crippen LogP contribution in [0.3, 0.4) is 0 Å². The van der Waals surface area contributed by atoms with E-state index in [0.29, 0.717) is 6.54 Å². The Bertz CT molecular complexity index is 410. The third-order valence-corrected chi connectivity index (χ3v) is 4.22. The lowest BCUT2D eigenvalue weighted by molar-refractivity contribution is 0.0755. The summed E-state index contributed by atoms with van der Waals surface area (Å²) in [6.45, 7) is 2.07. The second-order valence-corrected chi connectivity index (χ2v) is 5.82. The lowest BCUT2D eigenvalue weighted by atomic mass is 9.90. The quantitative estimate of drug-likeness (QED) is 0.847. The van der Waals surface area contributed by atoms with Crippen molar-refractivity contribution in [3.8, 4) is 11.8 Å². The van der Waals surface area contributed by atoms with Crippen molar-refractivity contribution in [2.24, 2.45) is 11.7 Å². The number of nitrogens with two attached hydrogens (primary N) is 1. The first-order valence-corrected chi connectivity index (χ1v) is 7.60. The van der Waals surface area contributed by atoms with Gasteiger partial charge in [0.1, 0.15) is 0 Å². The van der Waals surface area contributed by atoms with Crippen molar-refractivity contribution < 1.29 is 4.74 Å². The summed E-state index contributed by atoms with van der Waals surface area (Å²) in [5.74, 6) is 6.70. The van der Waals surface area contributed by atoms with Gasteiger partial charge in [0.2, 0.25) is 0 Å². The molecular weight excluding hydrogens is 242 g/mol. The van der Waals surface area contributed by atoms with Crippen LogP contribution in [0.4, 0.5) is 0 Å². The number of hydrogen-bond acceptors (Lipinski definition) is 3. The SMILES string of the molecule is NCC#Cc1csc(COCC2CCCCC2)c1. The van der Waals surface area contributed by atoms with Gasteiger partial charge in [-0.15, -0.1) is 11.3 Å². The second kappa shape index (κ2) is 7.58. The van der Waals surface area contributed by atoms with E-state index in [1.165, 1.54) is 37.0 Å². The van der Waals surface area contributed by atoms with E-state index < -0.39 is 0 Å². The van der Waals surface area contributed by atoms with Gasteiger partial charge < -0.3 is 10.5 Å². The minimum absolute atomic E-state index is 0.420. The molecule has 0 saturated heterocycles. The van der Waals surface area contributed by atoms with E-state index in [2.05, 4.69) is 23.3 Å². The topological polar surface area (TPSA) is 35.2 Å². The van der Waals surface area contributed by atoms with Crippen molar-refractivity contribution in [3.05, 3.63) is 21.9 Å². The van der Waals surface area contributed by atoms with Crippen LogP contribution in [0, 0.1) is 17.8 Å². The van der Waals surface area contributed by atoms with Gasteiger partial charge in [-0.3, -0.25) is 0 Å². The van der Waals surface area contributed by atoms with Crippen LogP contribution in [0.2, 0.25) is 0 Å². The van der Waals surface area contributed by atoms with E-state index >= 15 is 0 Å². The summed E-state index contributed by atoms with van der Waals surface area (Å²) in [6, 6.07) is 2.11. The molecule has 1 aromatic rings. The molecule has 2 nitrogen and oxygen atoms in total. The van der Waals surface area contributed by atoms with Gasteiger partial charge >= 0.3 is 0 Å². The molecule has 0 aromatic carbocycles. The maximum atomic E-state index is 5.81. The summed E-state index contributed by atoms with van der Waals surface area (Å²) in [7, 11) is 0. The van der Waals surface area contributed by atoms with Crippen LogP contribution in [0.15, 0.2) is 11.4 Å². The highest BCUT2D eigenvalue weighted by atomic mass is 32.1. The standard InChI is InChI=1S/C15H21NOS/c16-8-4-7-14-9-15(18-12-14)11-17-10-13-5-2-1-3-6-13/h9,12-13H,1-3,5-6,8,10-11,16H2. The molecule has 3 heteroatoms. The van der Waals surface area contributed by atoms with Gasteiger partial charge in [0.05, 0.1) is 13.2 Å². The summed E-state index contributed by atoms with van der Waals surface area (Å²) >= 11 is 1.72. The van der Waals surface area contributed by atoms with Crippen LogP contribution in [-0.4, -0.2) is 13.2 Å². The van der Waals surface area contributed by atoms with Crippen molar-refractivity contribution in [1.82, 2.24) is 0 Å². The number of rotatable bonds is 4. The zero-order valence-electron chi connectivity index (χ0n) is 10.8. The molecule has 1 heterocycles. The summed E-state index contributed by atoms with van der Waals surface area (Å²) in [6.07, 6.45) is 6.86. The third-order valence-electron chi connectivity index (χ3n) is 3.31. The van der Waals surface area contributed by atoms with E-state index in [-0.39, 0.29) is 0 Å². The summed E-state index contributed by atoms with van der Waals surface area (Å²) < 4.78 is 5.81. The largest absolute Gasteiger partial charge is 0.376 e. The Morgan fingerprint density at radius 3 is 2.94 bits per heavy atom. The summed E-state index contributed by atoms with van der Waals surface area (Å²) in [5.41, 5.74) is 6.41.